The highest BCUT2D eigenvalue weighted by molar-refractivity contribution is 8.02. The van der Waals surface area contributed by atoms with E-state index in [-0.39, 0.29) is 0 Å². The van der Waals surface area contributed by atoms with Crippen molar-refractivity contribution >= 4 is 23.5 Å². The van der Waals surface area contributed by atoms with E-state index in [1.807, 2.05) is 23.5 Å². The number of hydrogen-bond donors (Lipinski definition) is 1. The van der Waals surface area contributed by atoms with Crippen LogP contribution in [0, 0.1) is 5.92 Å². The van der Waals surface area contributed by atoms with Crippen LogP contribution in [0.5, 0.6) is 0 Å². The summed E-state index contributed by atoms with van der Waals surface area (Å²) >= 11 is 3.92. The first-order valence-electron chi connectivity index (χ1n) is 3.58. The fourth-order valence-corrected chi connectivity index (χ4v) is 2.34. The van der Waals surface area contributed by atoms with Gasteiger partial charge in [0.15, 0.2) is 0 Å². The van der Waals surface area contributed by atoms with E-state index in [0.29, 0.717) is 5.92 Å². The van der Waals surface area contributed by atoms with Gasteiger partial charge in [-0.3, -0.25) is 0 Å². The molecule has 0 aliphatic heterocycles. The van der Waals surface area contributed by atoms with Gasteiger partial charge in [0, 0.05) is 11.5 Å². The lowest BCUT2D eigenvalue weighted by atomic mass is 10.2. The molecule has 0 saturated heterocycles. The Morgan fingerprint density at radius 3 is 2.60 bits per heavy atom. The van der Waals surface area contributed by atoms with Crippen molar-refractivity contribution in [1.29, 1.82) is 0 Å². The van der Waals surface area contributed by atoms with E-state index >= 15 is 0 Å². The second-order valence-corrected chi connectivity index (χ2v) is 4.54. The summed E-state index contributed by atoms with van der Waals surface area (Å²) in [5.41, 5.74) is 5.47. The number of hydrogen-bond acceptors (Lipinski definition) is 3. The van der Waals surface area contributed by atoms with Crippen molar-refractivity contribution in [2.24, 2.45) is 11.7 Å². The molecule has 0 aliphatic carbocycles. The monoisotopic (exact) mass is 179 g/mol. The molecule has 0 heterocycles. The molecule has 1 atom stereocenters. The second-order valence-electron chi connectivity index (χ2n) is 2.41. The Balaban J connectivity index is 2.89. The third kappa shape index (κ3) is 6.78. The van der Waals surface area contributed by atoms with E-state index in [2.05, 4.69) is 13.2 Å². The molecule has 1 nitrogen and oxygen atoms in total. The van der Waals surface area contributed by atoms with Crippen LogP contribution in [0.1, 0.15) is 6.92 Å². The molecular formula is C7H17NS2. The Bertz CT molecular complexity index is 68.6. The van der Waals surface area contributed by atoms with Gasteiger partial charge in [0.05, 0.1) is 0 Å². The topological polar surface area (TPSA) is 26.0 Å². The molecule has 0 amide bonds. The minimum absolute atomic E-state index is 0.687. The molecule has 0 radical (unpaired) electrons. The van der Waals surface area contributed by atoms with Crippen LogP contribution in [0.15, 0.2) is 0 Å². The Morgan fingerprint density at radius 1 is 1.40 bits per heavy atom. The zero-order valence-corrected chi connectivity index (χ0v) is 8.43. The molecule has 0 fully saturated rings. The van der Waals surface area contributed by atoms with Crippen LogP contribution in [-0.4, -0.2) is 30.1 Å². The highest BCUT2D eigenvalue weighted by atomic mass is 32.2. The smallest absolute Gasteiger partial charge is 0.00235 e. The van der Waals surface area contributed by atoms with Gasteiger partial charge < -0.3 is 5.73 Å². The first-order chi connectivity index (χ1) is 4.81. The van der Waals surface area contributed by atoms with Crippen LogP contribution in [-0.2, 0) is 0 Å². The molecule has 0 spiro atoms. The number of nitrogens with two attached hydrogens (primary N) is 1. The fourth-order valence-electron chi connectivity index (χ4n) is 0.495. The predicted molar refractivity (Wildman–Crippen MR) is 53.9 cm³/mol. The largest absolute Gasteiger partial charge is 0.330 e. The molecule has 1 unspecified atom stereocenters. The zero-order valence-electron chi connectivity index (χ0n) is 6.80. The summed E-state index contributed by atoms with van der Waals surface area (Å²) in [6.45, 7) is 3.03. The summed E-state index contributed by atoms with van der Waals surface area (Å²) in [5.74, 6) is 4.44. The van der Waals surface area contributed by atoms with Crippen LogP contribution >= 0.6 is 23.5 Å². The van der Waals surface area contributed by atoms with Gasteiger partial charge in [0.25, 0.3) is 0 Å². The summed E-state index contributed by atoms with van der Waals surface area (Å²) in [7, 11) is 0. The summed E-state index contributed by atoms with van der Waals surface area (Å²) in [4.78, 5) is 0. The van der Waals surface area contributed by atoms with E-state index < -0.39 is 0 Å². The molecule has 0 rings (SSSR count). The quantitative estimate of drug-likeness (QED) is 0.628. The standard InChI is InChI=1S/C7H17NS2/c1-7(5-8)6-10-4-3-9-2/h7H,3-6,8H2,1-2H3. The van der Waals surface area contributed by atoms with E-state index in [0.717, 1.165) is 6.54 Å². The molecule has 0 aromatic carbocycles. The maximum Gasteiger partial charge on any atom is 0.00235 e. The first kappa shape index (κ1) is 10.7. The van der Waals surface area contributed by atoms with E-state index in [1.54, 1.807) is 0 Å². The molecular weight excluding hydrogens is 162 g/mol. The molecule has 10 heavy (non-hydrogen) atoms. The van der Waals surface area contributed by atoms with Crippen LogP contribution in [0.4, 0.5) is 0 Å². The summed E-state index contributed by atoms with van der Waals surface area (Å²) in [6, 6.07) is 0. The molecule has 0 saturated carbocycles. The van der Waals surface area contributed by atoms with Gasteiger partial charge in [-0.25, -0.2) is 0 Å². The van der Waals surface area contributed by atoms with E-state index in [9.17, 15) is 0 Å². The van der Waals surface area contributed by atoms with Crippen molar-refractivity contribution < 1.29 is 0 Å². The lowest BCUT2D eigenvalue weighted by molar-refractivity contribution is 0.675. The molecule has 0 aromatic heterocycles. The Hall–Kier alpha value is 0.660. The molecule has 2 N–H and O–H groups in total. The average Bonchev–Trinajstić information content (AvgIpc) is 1.98. The van der Waals surface area contributed by atoms with Gasteiger partial charge in [-0.05, 0) is 24.5 Å². The minimum Gasteiger partial charge on any atom is -0.330 e. The van der Waals surface area contributed by atoms with Crippen molar-refractivity contribution in [3.63, 3.8) is 0 Å². The van der Waals surface area contributed by atoms with Gasteiger partial charge in [-0.15, -0.1) is 0 Å². The molecule has 3 heteroatoms. The molecule has 62 valence electrons. The van der Waals surface area contributed by atoms with Crippen molar-refractivity contribution in [3.05, 3.63) is 0 Å². The van der Waals surface area contributed by atoms with Gasteiger partial charge in [0.2, 0.25) is 0 Å². The normalized spacial score (nSPS) is 13.5. The highest BCUT2D eigenvalue weighted by Gasteiger charge is 1.97. The Labute approximate surface area is 72.5 Å². The van der Waals surface area contributed by atoms with Crippen LogP contribution < -0.4 is 5.73 Å². The predicted octanol–water partition coefficient (Wildman–Crippen LogP) is 1.68. The van der Waals surface area contributed by atoms with Gasteiger partial charge in [-0.2, -0.15) is 23.5 Å². The van der Waals surface area contributed by atoms with Gasteiger partial charge in [-0.1, -0.05) is 6.92 Å². The lowest BCUT2D eigenvalue weighted by Gasteiger charge is -2.06. The summed E-state index contributed by atoms with van der Waals surface area (Å²) in [6.07, 6.45) is 2.15. The third-order valence-electron chi connectivity index (χ3n) is 1.24. The Morgan fingerprint density at radius 2 is 2.10 bits per heavy atom. The number of thioether (sulfide) groups is 2. The van der Waals surface area contributed by atoms with Crippen molar-refractivity contribution in [3.8, 4) is 0 Å². The SMILES string of the molecule is CSCCSCC(C)CN. The third-order valence-corrected chi connectivity index (χ3v) is 3.40. The van der Waals surface area contributed by atoms with Crippen molar-refractivity contribution in [2.75, 3.05) is 30.1 Å². The molecule has 0 aliphatic rings. The zero-order chi connectivity index (χ0) is 7.82. The minimum atomic E-state index is 0.687. The number of rotatable bonds is 6. The van der Waals surface area contributed by atoms with Crippen LogP contribution in [0.25, 0.3) is 0 Å². The molecule has 0 bridgehead atoms. The lowest BCUT2D eigenvalue weighted by Crippen LogP contribution is -2.13. The van der Waals surface area contributed by atoms with E-state index in [1.165, 1.54) is 17.3 Å². The second kappa shape index (κ2) is 7.76. The Kier molecular flexibility index (Phi) is 8.28. The van der Waals surface area contributed by atoms with Crippen molar-refractivity contribution in [1.82, 2.24) is 0 Å². The van der Waals surface area contributed by atoms with Crippen LogP contribution in [0.2, 0.25) is 0 Å². The maximum absolute atomic E-state index is 5.47. The van der Waals surface area contributed by atoms with Crippen LogP contribution in [0.3, 0.4) is 0 Å². The van der Waals surface area contributed by atoms with Gasteiger partial charge in [0.1, 0.15) is 0 Å². The summed E-state index contributed by atoms with van der Waals surface area (Å²) < 4.78 is 0. The fraction of sp³-hybridized carbons (Fsp3) is 1.00. The summed E-state index contributed by atoms with van der Waals surface area (Å²) in [5, 5.41) is 0. The first-order valence-corrected chi connectivity index (χ1v) is 6.12. The molecule has 0 aromatic rings. The van der Waals surface area contributed by atoms with Crippen molar-refractivity contribution in [2.45, 2.75) is 6.92 Å². The highest BCUT2D eigenvalue weighted by Crippen LogP contribution is 2.08. The van der Waals surface area contributed by atoms with E-state index in [4.69, 9.17) is 5.73 Å². The maximum atomic E-state index is 5.47. The average molecular weight is 179 g/mol. The van der Waals surface area contributed by atoms with Gasteiger partial charge >= 0.3 is 0 Å².